The summed E-state index contributed by atoms with van der Waals surface area (Å²) in [5.74, 6) is 1.75. The summed E-state index contributed by atoms with van der Waals surface area (Å²) in [7, 11) is 1.69. The molecule has 0 aliphatic heterocycles. The van der Waals surface area contributed by atoms with Crippen molar-refractivity contribution in [3.05, 3.63) is 45.9 Å². The number of guanidine groups is 1. The predicted molar refractivity (Wildman–Crippen MR) is 121 cm³/mol. The monoisotopic (exact) mass is 488 g/mol. The van der Waals surface area contributed by atoms with Gasteiger partial charge in [-0.05, 0) is 37.5 Å². The van der Waals surface area contributed by atoms with Gasteiger partial charge in [0.1, 0.15) is 5.75 Å². The number of methoxy groups -OCH3 is 1. The third-order valence-electron chi connectivity index (χ3n) is 3.75. The maximum Gasteiger partial charge on any atom is 0.191 e. The number of aryl methyl sites for hydroxylation is 1. The summed E-state index contributed by atoms with van der Waals surface area (Å²) in [5, 5.41) is 7.84. The molecular weight excluding hydrogens is 459 g/mol. The molecule has 0 spiro atoms. The molecule has 0 aliphatic carbocycles. The SMILES string of the molecule is CCNC(=NCCc1ncc(CC)s1)NCCc1ccc(OC)cc1.I. The summed E-state index contributed by atoms with van der Waals surface area (Å²) in [6.07, 6.45) is 4.86. The van der Waals surface area contributed by atoms with Gasteiger partial charge >= 0.3 is 0 Å². The van der Waals surface area contributed by atoms with Crippen molar-refractivity contribution in [1.29, 1.82) is 0 Å². The van der Waals surface area contributed by atoms with Crippen LogP contribution in [0.15, 0.2) is 35.5 Å². The average Bonchev–Trinajstić information content (AvgIpc) is 3.10. The van der Waals surface area contributed by atoms with Gasteiger partial charge in [-0.1, -0.05) is 19.1 Å². The van der Waals surface area contributed by atoms with E-state index in [1.807, 2.05) is 18.3 Å². The van der Waals surface area contributed by atoms with Crippen LogP contribution in [0.1, 0.15) is 29.3 Å². The maximum atomic E-state index is 5.18. The van der Waals surface area contributed by atoms with E-state index in [-0.39, 0.29) is 24.0 Å². The third-order valence-corrected chi connectivity index (χ3v) is 4.96. The zero-order valence-electron chi connectivity index (χ0n) is 15.7. The van der Waals surface area contributed by atoms with Gasteiger partial charge in [-0.2, -0.15) is 0 Å². The summed E-state index contributed by atoms with van der Waals surface area (Å²) >= 11 is 1.78. The number of aromatic nitrogens is 1. The van der Waals surface area contributed by atoms with Crippen molar-refractivity contribution in [2.45, 2.75) is 33.1 Å². The Bertz CT molecular complexity index is 658. The Morgan fingerprint density at radius 2 is 1.92 bits per heavy atom. The molecule has 0 aliphatic rings. The van der Waals surface area contributed by atoms with Crippen LogP contribution in [0, 0.1) is 0 Å². The third kappa shape index (κ3) is 7.90. The molecule has 2 N–H and O–H groups in total. The highest BCUT2D eigenvalue weighted by atomic mass is 127. The predicted octanol–water partition coefficient (Wildman–Crippen LogP) is 3.67. The van der Waals surface area contributed by atoms with Crippen molar-refractivity contribution in [3.63, 3.8) is 0 Å². The van der Waals surface area contributed by atoms with Crippen LogP contribution in [0.2, 0.25) is 0 Å². The van der Waals surface area contributed by atoms with Crippen LogP contribution in [0.25, 0.3) is 0 Å². The Morgan fingerprint density at radius 1 is 1.15 bits per heavy atom. The molecule has 1 heterocycles. The summed E-state index contributed by atoms with van der Waals surface area (Å²) in [5.41, 5.74) is 1.28. The molecule has 1 aromatic heterocycles. The highest BCUT2D eigenvalue weighted by Gasteiger charge is 2.02. The molecule has 0 bridgehead atoms. The molecular formula is C19H29IN4OS. The lowest BCUT2D eigenvalue weighted by Gasteiger charge is -2.11. The lowest BCUT2D eigenvalue weighted by atomic mass is 10.1. The van der Waals surface area contributed by atoms with Gasteiger partial charge in [-0.25, -0.2) is 4.98 Å². The van der Waals surface area contributed by atoms with E-state index < -0.39 is 0 Å². The molecule has 0 atom stereocenters. The standard InChI is InChI=1S/C19H28N4OS.HI/c1-4-17-14-23-18(25-17)11-13-22-19(20-5-2)21-12-10-15-6-8-16(24-3)9-7-15;/h6-9,14H,4-5,10-13H2,1-3H3,(H2,20,21,22);1H. The number of halogens is 1. The number of aliphatic imine (C=N–C) groups is 1. The molecule has 0 unspecified atom stereocenters. The van der Waals surface area contributed by atoms with Gasteiger partial charge in [0.2, 0.25) is 0 Å². The first-order valence-corrected chi connectivity index (χ1v) is 9.65. The van der Waals surface area contributed by atoms with Gasteiger partial charge in [-0.3, -0.25) is 4.99 Å². The van der Waals surface area contributed by atoms with Gasteiger partial charge < -0.3 is 15.4 Å². The fourth-order valence-corrected chi connectivity index (χ4v) is 3.20. The van der Waals surface area contributed by atoms with Crippen LogP contribution in [0.5, 0.6) is 5.75 Å². The van der Waals surface area contributed by atoms with Crippen LogP contribution in [0.3, 0.4) is 0 Å². The van der Waals surface area contributed by atoms with E-state index in [4.69, 9.17) is 4.74 Å². The van der Waals surface area contributed by atoms with Crippen molar-refractivity contribution in [2.24, 2.45) is 4.99 Å². The van der Waals surface area contributed by atoms with Gasteiger partial charge in [0.15, 0.2) is 5.96 Å². The van der Waals surface area contributed by atoms with Crippen LogP contribution < -0.4 is 15.4 Å². The first-order chi connectivity index (χ1) is 12.2. The minimum absolute atomic E-state index is 0. The Labute approximate surface area is 177 Å². The Hall–Kier alpha value is -1.35. The second kappa shape index (κ2) is 12.9. The number of rotatable bonds is 9. The number of nitrogens with zero attached hydrogens (tertiary/aromatic N) is 2. The van der Waals surface area contributed by atoms with E-state index in [1.165, 1.54) is 10.4 Å². The Kier molecular flexibility index (Phi) is 11.3. The summed E-state index contributed by atoms with van der Waals surface area (Å²) in [6.45, 7) is 6.68. The molecule has 0 radical (unpaired) electrons. The summed E-state index contributed by atoms with van der Waals surface area (Å²) in [4.78, 5) is 10.4. The molecule has 26 heavy (non-hydrogen) atoms. The number of thiazole rings is 1. The molecule has 1 aromatic carbocycles. The van der Waals surface area contributed by atoms with Crippen LogP contribution in [0.4, 0.5) is 0 Å². The second-order valence-electron chi connectivity index (χ2n) is 5.61. The molecule has 0 saturated carbocycles. The number of hydrogen-bond acceptors (Lipinski definition) is 4. The fourth-order valence-electron chi connectivity index (χ4n) is 2.35. The van der Waals surface area contributed by atoms with Crippen molar-refractivity contribution >= 4 is 41.3 Å². The quantitative estimate of drug-likeness (QED) is 0.321. The van der Waals surface area contributed by atoms with Crippen molar-refractivity contribution < 1.29 is 4.74 Å². The zero-order chi connectivity index (χ0) is 17.9. The number of nitrogens with one attached hydrogen (secondary N) is 2. The summed E-state index contributed by atoms with van der Waals surface area (Å²) < 4.78 is 5.18. The lowest BCUT2D eigenvalue weighted by Crippen LogP contribution is -2.38. The maximum absolute atomic E-state index is 5.18. The van der Waals surface area contributed by atoms with Gasteiger partial charge in [0.25, 0.3) is 0 Å². The van der Waals surface area contributed by atoms with Crippen LogP contribution >= 0.6 is 35.3 Å². The molecule has 0 saturated heterocycles. The molecule has 0 amide bonds. The topological polar surface area (TPSA) is 58.5 Å². The number of ether oxygens (including phenoxy) is 1. The minimum atomic E-state index is 0. The van der Waals surface area contributed by atoms with E-state index in [9.17, 15) is 0 Å². The summed E-state index contributed by atoms with van der Waals surface area (Å²) in [6, 6.07) is 8.18. The largest absolute Gasteiger partial charge is 0.497 e. The molecule has 5 nitrogen and oxygen atoms in total. The van der Waals surface area contributed by atoms with Crippen LogP contribution in [-0.2, 0) is 19.3 Å². The average molecular weight is 488 g/mol. The molecule has 2 rings (SSSR count). The number of hydrogen-bond donors (Lipinski definition) is 2. The Morgan fingerprint density at radius 3 is 2.54 bits per heavy atom. The van der Waals surface area contributed by atoms with Crippen molar-refractivity contribution in [2.75, 3.05) is 26.7 Å². The van der Waals surface area contributed by atoms with Crippen molar-refractivity contribution in [3.8, 4) is 5.75 Å². The lowest BCUT2D eigenvalue weighted by molar-refractivity contribution is 0.414. The van der Waals surface area contributed by atoms with Gasteiger partial charge in [-0.15, -0.1) is 35.3 Å². The van der Waals surface area contributed by atoms with E-state index in [1.54, 1.807) is 18.4 Å². The second-order valence-corrected chi connectivity index (χ2v) is 6.81. The zero-order valence-corrected chi connectivity index (χ0v) is 18.9. The van der Waals surface area contributed by atoms with E-state index >= 15 is 0 Å². The molecule has 2 aromatic rings. The van der Waals surface area contributed by atoms with Crippen molar-refractivity contribution in [1.82, 2.24) is 15.6 Å². The molecule has 0 fully saturated rings. The van der Waals surface area contributed by atoms with Crippen LogP contribution in [-0.4, -0.2) is 37.7 Å². The van der Waals surface area contributed by atoms with E-state index in [0.29, 0.717) is 0 Å². The van der Waals surface area contributed by atoms with Gasteiger partial charge in [0, 0.05) is 37.1 Å². The minimum Gasteiger partial charge on any atom is -0.497 e. The number of benzene rings is 1. The highest BCUT2D eigenvalue weighted by Crippen LogP contribution is 2.13. The van der Waals surface area contributed by atoms with E-state index in [0.717, 1.165) is 55.6 Å². The first kappa shape index (κ1) is 22.7. The first-order valence-electron chi connectivity index (χ1n) is 8.83. The molecule has 7 heteroatoms. The highest BCUT2D eigenvalue weighted by molar-refractivity contribution is 14.0. The smallest absolute Gasteiger partial charge is 0.191 e. The normalized spacial score (nSPS) is 11.0. The fraction of sp³-hybridized carbons (Fsp3) is 0.474. The Balaban J connectivity index is 0.00000338. The molecule has 144 valence electrons. The van der Waals surface area contributed by atoms with Gasteiger partial charge in [0.05, 0.1) is 12.1 Å². The van der Waals surface area contributed by atoms with E-state index in [2.05, 4.69) is 46.6 Å².